The van der Waals surface area contributed by atoms with Gasteiger partial charge in [0.2, 0.25) is 5.91 Å². The molecule has 8 heteroatoms. The highest BCUT2D eigenvalue weighted by molar-refractivity contribution is 7.99. The second-order valence-electron chi connectivity index (χ2n) is 4.47. The summed E-state index contributed by atoms with van der Waals surface area (Å²) >= 11 is 1.56. The maximum Gasteiger partial charge on any atom is 0.406 e. The van der Waals surface area contributed by atoms with Gasteiger partial charge in [0, 0.05) is 18.1 Å². The van der Waals surface area contributed by atoms with E-state index in [9.17, 15) is 18.0 Å². The van der Waals surface area contributed by atoms with Gasteiger partial charge < -0.3 is 14.6 Å². The first-order valence-corrected chi connectivity index (χ1v) is 7.30. The van der Waals surface area contributed by atoms with E-state index in [2.05, 4.69) is 5.32 Å². The van der Waals surface area contributed by atoms with Gasteiger partial charge in [-0.05, 0) is 12.1 Å². The number of carbonyl (C=O) groups is 1. The van der Waals surface area contributed by atoms with Crippen LogP contribution >= 0.6 is 11.8 Å². The van der Waals surface area contributed by atoms with E-state index in [1.807, 2.05) is 0 Å². The van der Waals surface area contributed by atoms with Crippen LogP contribution in [0, 0.1) is 0 Å². The molecule has 1 aliphatic heterocycles. The van der Waals surface area contributed by atoms with Crippen molar-refractivity contribution in [1.29, 1.82) is 0 Å². The summed E-state index contributed by atoms with van der Waals surface area (Å²) < 4.78 is 42.9. The van der Waals surface area contributed by atoms with E-state index in [-0.39, 0.29) is 6.54 Å². The van der Waals surface area contributed by atoms with Crippen molar-refractivity contribution in [3.8, 4) is 0 Å². The van der Waals surface area contributed by atoms with Crippen LogP contribution in [0.15, 0.2) is 22.8 Å². The van der Waals surface area contributed by atoms with Crippen molar-refractivity contribution in [2.75, 3.05) is 24.6 Å². The molecule has 0 aliphatic carbocycles. The molecule has 20 heavy (non-hydrogen) atoms. The zero-order valence-corrected chi connectivity index (χ0v) is 11.5. The average Bonchev–Trinajstić information content (AvgIpc) is 2.89. The summed E-state index contributed by atoms with van der Waals surface area (Å²) in [5.74, 6) is 1.16. The third-order valence-electron chi connectivity index (χ3n) is 2.83. The largest absolute Gasteiger partial charge is 0.467 e. The van der Waals surface area contributed by atoms with Gasteiger partial charge in [0.25, 0.3) is 0 Å². The number of furan rings is 1. The van der Waals surface area contributed by atoms with Crippen LogP contribution in [0.2, 0.25) is 0 Å². The highest BCUT2D eigenvalue weighted by Crippen LogP contribution is 2.20. The molecule has 1 saturated heterocycles. The Hall–Kier alpha value is -1.15. The minimum Gasteiger partial charge on any atom is -0.467 e. The molecule has 1 aromatic heterocycles. The van der Waals surface area contributed by atoms with E-state index < -0.39 is 24.7 Å². The molecule has 1 unspecified atom stereocenters. The normalized spacial score (nSPS) is 19.9. The summed E-state index contributed by atoms with van der Waals surface area (Å²) in [5, 5.41) is 2.95. The number of hydrogen-bond donors (Lipinski definition) is 1. The molecule has 1 N–H and O–H groups in total. The van der Waals surface area contributed by atoms with Crippen molar-refractivity contribution < 1.29 is 22.4 Å². The van der Waals surface area contributed by atoms with Crippen LogP contribution < -0.4 is 5.32 Å². The Labute approximate surface area is 118 Å². The molecule has 0 spiro atoms. The number of hydrogen-bond acceptors (Lipinski definition) is 4. The fourth-order valence-corrected chi connectivity index (χ4v) is 2.89. The number of amides is 1. The third-order valence-corrected chi connectivity index (χ3v) is 3.89. The number of rotatable bonds is 4. The lowest BCUT2D eigenvalue weighted by Gasteiger charge is -2.29. The second-order valence-corrected chi connectivity index (χ2v) is 5.62. The molecule has 0 radical (unpaired) electrons. The van der Waals surface area contributed by atoms with E-state index >= 15 is 0 Å². The number of thioether (sulfide) groups is 1. The zero-order valence-electron chi connectivity index (χ0n) is 10.7. The zero-order chi connectivity index (χ0) is 14.6. The van der Waals surface area contributed by atoms with E-state index in [4.69, 9.17) is 4.42 Å². The monoisotopic (exact) mass is 308 g/mol. The van der Waals surface area contributed by atoms with E-state index in [0.717, 1.165) is 10.7 Å². The molecule has 0 bridgehead atoms. The molecule has 4 nitrogen and oxygen atoms in total. The first kappa shape index (κ1) is 15.2. The molecule has 0 saturated carbocycles. The van der Waals surface area contributed by atoms with Crippen molar-refractivity contribution in [1.82, 2.24) is 10.2 Å². The van der Waals surface area contributed by atoms with Crippen molar-refractivity contribution in [3.63, 3.8) is 0 Å². The van der Waals surface area contributed by atoms with Crippen LogP contribution in [0.4, 0.5) is 13.2 Å². The van der Waals surface area contributed by atoms with Crippen LogP contribution in [0.1, 0.15) is 5.76 Å². The topological polar surface area (TPSA) is 45.5 Å². The quantitative estimate of drug-likeness (QED) is 0.922. The van der Waals surface area contributed by atoms with Crippen LogP contribution in [0.25, 0.3) is 0 Å². The smallest absolute Gasteiger partial charge is 0.406 e. The molecular formula is C12H15F3N2O2S. The summed E-state index contributed by atoms with van der Waals surface area (Å²) in [7, 11) is 0. The van der Waals surface area contributed by atoms with Crippen LogP contribution in [-0.2, 0) is 11.3 Å². The number of halogens is 3. The number of nitrogens with zero attached hydrogens (tertiary/aromatic N) is 1. The maximum atomic E-state index is 12.6. The lowest BCUT2D eigenvalue weighted by Crippen LogP contribution is -2.52. The molecule has 1 amide bonds. The van der Waals surface area contributed by atoms with E-state index in [0.29, 0.717) is 18.1 Å². The summed E-state index contributed by atoms with van der Waals surface area (Å²) in [6.07, 6.45) is -3.05. The van der Waals surface area contributed by atoms with Gasteiger partial charge in [0.05, 0.1) is 18.8 Å². The minimum absolute atomic E-state index is 0.172. The van der Waals surface area contributed by atoms with Gasteiger partial charge in [0.1, 0.15) is 12.3 Å². The summed E-state index contributed by atoms with van der Waals surface area (Å²) in [6, 6.07) is 2.58. The molecule has 1 fully saturated rings. The molecule has 112 valence electrons. The van der Waals surface area contributed by atoms with Gasteiger partial charge in [-0.1, -0.05) is 0 Å². The molecular weight excluding hydrogens is 293 g/mol. The standard InChI is InChI=1S/C12H15F3N2O2S/c13-12(14,15)8-17(6-9-2-1-4-19-9)11(18)10-7-20-5-3-16-10/h1-2,4,10,16H,3,5-8H2. The van der Waals surface area contributed by atoms with Crippen LogP contribution in [0.3, 0.4) is 0 Å². The fourth-order valence-electron chi connectivity index (χ4n) is 1.96. The Morgan fingerprint density at radius 3 is 2.90 bits per heavy atom. The fraction of sp³-hybridized carbons (Fsp3) is 0.583. The lowest BCUT2D eigenvalue weighted by atomic mass is 10.2. The van der Waals surface area contributed by atoms with Gasteiger partial charge in [-0.15, -0.1) is 0 Å². The predicted molar refractivity (Wildman–Crippen MR) is 69.3 cm³/mol. The van der Waals surface area contributed by atoms with Crippen LogP contribution in [0.5, 0.6) is 0 Å². The Bertz CT molecular complexity index is 430. The Morgan fingerprint density at radius 2 is 2.35 bits per heavy atom. The third kappa shape index (κ3) is 4.45. The highest BCUT2D eigenvalue weighted by atomic mass is 32.2. The van der Waals surface area contributed by atoms with Gasteiger partial charge >= 0.3 is 6.18 Å². The first-order valence-electron chi connectivity index (χ1n) is 6.15. The maximum absolute atomic E-state index is 12.6. The van der Waals surface area contributed by atoms with E-state index in [1.54, 1.807) is 23.9 Å². The van der Waals surface area contributed by atoms with Crippen molar-refractivity contribution >= 4 is 17.7 Å². The Kier molecular flexibility index (Phi) is 4.98. The second kappa shape index (κ2) is 6.53. The molecule has 2 rings (SSSR count). The molecule has 1 aromatic rings. The van der Waals surface area contributed by atoms with Gasteiger partial charge in [-0.2, -0.15) is 24.9 Å². The van der Waals surface area contributed by atoms with Crippen molar-refractivity contribution in [2.45, 2.75) is 18.8 Å². The number of nitrogens with one attached hydrogen (secondary N) is 1. The van der Waals surface area contributed by atoms with Crippen LogP contribution in [-0.4, -0.2) is 47.6 Å². The lowest BCUT2D eigenvalue weighted by molar-refractivity contribution is -0.163. The van der Waals surface area contributed by atoms with Gasteiger partial charge in [-0.25, -0.2) is 0 Å². The summed E-state index contributed by atoms with van der Waals surface area (Å²) in [4.78, 5) is 13.0. The SMILES string of the molecule is O=C(C1CSCCN1)N(Cc1ccco1)CC(F)(F)F. The molecule has 1 atom stereocenters. The summed E-state index contributed by atoms with van der Waals surface area (Å²) in [5.41, 5.74) is 0. The molecule has 1 aliphatic rings. The van der Waals surface area contributed by atoms with Crippen molar-refractivity contribution in [2.24, 2.45) is 0 Å². The van der Waals surface area contributed by atoms with E-state index in [1.165, 1.54) is 6.26 Å². The van der Waals surface area contributed by atoms with Gasteiger partial charge in [0.15, 0.2) is 0 Å². The highest BCUT2D eigenvalue weighted by Gasteiger charge is 2.36. The average molecular weight is 308 g/mol. The first-order chi connectivity index (χ1) is 9.46. The minimum atomic E-state index is -4.43. The Balaban J connectivity index is 2.06. The van der Waals surface area contributed by atoms with Crippen molar-refractivity contribution in [3.05, 3.63) is 24.2 Å². The summed E-state index contributed by atoms with van der Waals surface area (Å²) in [6.45, 7) is -0.814. The Morgan fingerprint density at radius 1 is 1.55 bits per heavy atom. The number of carbonyl (C=O) groups excluding carboxylic acids is 1. The predicted octanol–water partition coefficient (Wildman–Crippen LogP) is 1.88. The number of alkyl halides is 3. The van der Waals surface area contributed by atoms with Gasteiger partial charge in [-0.3, -0.25) is 4.79 Å². The molecule has 0 aromatic carbocycles. The molecule has 2 heterocycles.